The molecule has 0 saturated heterocycles. The fourth-order valence-corrected chi connectivity index (χ4v) is 1.64. The molecule has 0 saturated carbocycles. The standard InChI is InChI=1S/C13H10N4O2/c1-15-10-4-2-9(3-5-10)7-17-8-11(13(18)19)12(6-14)16-17/h2-5,8H,1,7H2,(H,18,19). The zero-order chi connectivity index (χ0) is 13.8. The Bertz CT molecular complexity index is 665. The van der Waals surface area contributed by atoms with Crippen molar-refractivity contribution in [1.82, 2.24) is 9.78 Å². The van der Waals surface area contributed by atoms with E-state index in [9.17, 15) is 4.79 Å². The molecule has 1 aromatic heterocycles. The molecule has 0 fully saturated rings. The molecule has 94 valence electrons. The van der Waals surface area contributed by atoms with Crippen molar-refractivity contribution < 1.29 is 9.90 Å². The maximum absolute atomic E-state index is 10.9. The van der Waals surface area contributed by atoms with Crippen molar-refractivity contribution in [3.05, 3.63) is 47.3 Å². The highest BCUT2D eigenvalue weighted by Crippen LogP contribution is 2.13. The molecule has 0 radical (unpaired) electrons. The van der Waals surface area contributed by atoms with E-state index in [4.69, 9.17) is 10.4 Å². The van der Waals surface area contributed by atoms with E-state index >= 15 is 0 Å². The summed E-state index contributed by atoms with van der Waals surface area (Å²) in [6, 6.07) is 9.06. The van der Waals surface area contributed by atoms with Crippen LogP contribution < -0.4 is 0 Å². The van der Waals surface area contributed by atoms with Crippen LogP contribution in [0.1, 0.15) is 21.6 Å². The van der Waals surface area contributed by atoms with Gasteiger partial charge in [-0.1, -0.05) is 12.1 Å². The molecule has 0 aliphatic heterocycles. The molecular formula is C13H10N4O2. The Hall–Kier alpha value is -2.94. The lowest BCUT2D eigenvalue weighted by molar-refractivity contribution is 0.0696. The molecule has 1 N–H and O–H groups in total. The molecule has 0 atom stereocenters. The summed E-state index contributed by atoms with van der Waals surface area (Å²) in [6.07, 6.45) is 1.35. The molecule has 19 heavy (non-hydrogen) atoms. The molecule has 0 unspecified atom stereocenters. The Kier molecular flexibility index (Phi) is 3.39. The summed E-state index contributed by atoms with van der Waals surface area (Å²) in [4.78, 5) is 14.7. The van der Waals surface area contributed by atoms with Crippen molar-refractivity contribution in [3.8, 4) is 6.07 Å². The fourth-order valence-electron chi connectivity index (χ4n) is 1.64. The summed E-state index contributed by atoms with van der Waals surface area (Å²) >= 11 is 0. The summed E-state index contributed by atoms with van der Waals surface area (Å²) in [5, 5.41) is 21.7. The number of nitriles is 1. The first-order chi connectivity index (χ1) is 9.13. The van der Waals surface area contributed by atoms with Crippen molar-refractivity contribution in [3.63, 3.8) is 0 Å². The quantitative estimate of drug-likeness (QED) is 0.842. The number of carboxylic acids is 1. The highest BCUT2D eigenvalue weighted by atomic mass is 16.4. The molecule has 6 heteroatoms. The number of nitrogens with zero attached hydrogens (tertiary/aromatic N) is 4. The average Bonchev–Trinajstić information content (AvgIpc) is 2.83. The summed E-state index contributed by atoms with van der Waals surface area (Å²) < 4.78 is 1.43. The lowest BCUT2D eigenvalue weighted by Crippen LogP contribution is -2.00. The smallest absolute Gasteiger partial charge is 0.340 e. The highest BCUT2D eigenvalue weighted by molar-refractivity contribution is 5.89. The van der Waals surface area contributed by atoms with Crippen LogP contribution in [-0.4, -0.2) is 27.6 Å². The molecular weight excluding hydrogens is 244 g/mol. The van der Waals surface area contributed by atoms with Crippen LogP contribution in [0, 0.1) is 11.3 Å². The molecule has 0 aliphatic rings. The third-order valence-electron chi connectivity index (χ3n) is 2.56. The van der Waals surface area contributed by atoms with Crippen LogP contribution in [0.15, 0.2) is 35.5 Å². The van der Waals surface area contributed by atoms with Crippen LogP contribution in [0.5, 0.6) is 0 Å². The first-order valence-electron chi connectivity index (χ1n) is 5.40. The molecule has 2 aromatic rings. The van der Waals surface area contributed by atoms with E-state index in [1.165, 1.54) is 10.9 Å². The van der Waals surface area contributed by atoms with Gasteiger partial charge in [0.2, 0.25) is 0 Å². The van der Waals surface area contributed by atoms with Gasteiger partial charge in [0.1, 0.15) is 11.6 Å². The molecule has 1 heterocycles. The van der Waals surface area contributed by atoms with Gasteiger partial charge in [-0.25, -0.2) is 4.79 Å². The zero-order valence-electron chi connectivity index (χ0n) is 9.95. The van der Waals surface area contributed by atoms with Crippen molar-refractivity contribution in [2.24, 2.45) is 4.99 Å². The number of aromatic nitrogens is 2. The predicted octanol–water partition coefficient (Wildman–Crippen LogP) is 1.83. The molecule has 1 aromatic carbocycles. The lowest BCUT2D eigenvalue weighted by atomic mass is 10.2. The normalized spacial score (nSPS) is 9.84. The number of carboxylic acid groups (broad SMARTS) is 1. The van der Waals surface area contributed by atoms with Crippen molar-refractivity contribution in [1.29, 1.82) is 5.26 Å². The van der Waals surface area contributed by atoms with E-state index in [0.717, 1.165) is 11.3 Å². The van der Waals surface area contributed by atoms with E-state index in [1.807, 2.05) is 12.1 Å². The second-order valence-corrected chi connectivity index (χ2v) is 3.83. The van der Waals surface area contributed by atoms with Crippen molar-refractivity contribution in [2.45, 2.75) is 6.54 Å². The zero-order valence-corrected chi connectivity index (χ0v) is 9.95. The number of rotatable bonds is 4. The Morgan fingerprint density at radius 2 is 2.16 bits per heavy atom. The third-order valence-corrected chi connectivity index (χ3v) is 2.56. The monoisotopic (exact) mass is 254 g/mol. The highest BCUT2D eigenvalue weighted by Gasteiger charge is 2.14. The molecule has 2 rings (SSSR count). The predicted molar refractivity (Wildman–Crippen MR) is 68.7 cm³/mol. The molecule has 0 spiro atoms. The van der Waals surface area contributed by atoms with Gasteiger partial charge in [0.05, 0.1) is 12.2 Å². The molecule has 0 aliphatic carbocycles. The van der Waals surface area contributed by atoms with Gasteiger partial charge in [-0.2, -0.15) is 10.4 Å². The van der Waals surface area contributed by atoms with Gasteiger partial charge >= 0.3 is 5.97 Å². The van der Waals surface area contributed by atoms with E-state index in [1.54, 1.807) is 18.2 Å². The Labute approximate surface area is 109 Å². The number of carbonyl (C=O) groups is 1. The minimum atomic E-state index is -1.16. The maximum atomic E-state index is 10.9. The second-order valence-electron chi connectivity index (χ2n) is 3.83. The summed E-state index contributed by atoms with van der Waals surface area (Å²) in [5.41, 5.74) is 1.51. The minimum absolute atomic E-state index is 0.0862. The fraction of sp³-hybridized carbons (Fsp3) is 0.0769. The first-order valence-corrected chi connectivity index (χ1v) is 5.40. The Morgan fingerprint density at radius 1 is 1.47 bits per heavy atom. The van der Waals surface area contributed by atoms with Gasteiger partial charge in [-0.3, -0.25) is 9.67 Å². The maximum Gasteiger partial charge on any atom is 0.340 e. The SMILES string of the molecule is C=Nc1ccc(Cn2cc(C(=O)O)c(C#N)n2)cc1. The van der Waals surface area contributed by atoms with Crippen LogP contribution in [0.4, 0.5) is 5.69 Å². The van der Waals surface area contributed by atoms with E-state index in [-0.39, 0.29) is 11.3 Å². The third kappa shape index (κ3) is 2.66. The molecule has 0 amide bonds. The van der Waals surface area contributed by atoms with Crippen molar-refractivity contribution >= 4 is 18.4 Å². The van der Waals surface area contributed by atoms with E-state index in [0.29, 0.717) is 6.54 Å². The largest absolute Gasteiger partial charge is 0.478 e. The Balaban J connectivity index is 2.25. The van der Waals surface area contributed by atoms with Gasteiger partial charge in [-0.05, 0) is 24.4 Å². The van der Waals surface area contributed by atoms with Gasteiger partial charge in [0, 0.05) is 6.20 Å². The molecule has 6 nitrogen and oxygen atoms in total. The van der Waals surface area contributed by atoms with E-state index in [2.05, 4.69) is 16.8 Å². The minimum Gasteiger partial charge on any atom is -0.478 e. The van der Waals surface area contributed by atoms with Crippen LogP contribution >= 0.6 is 0 Å². The number of aliphatic imine (C=N–C) groups is 1. The lowest BCUT2D eigenvalue weighted by Gasteiger charge is -2.01. The van der Waals surface area contributed by atoms with Gasteiger partial charge < -0.3 is 5.11 Å². The number of benzene rings is 1. The van der Waals surface area contributed by atoms with Crippen LogP contribution in [0.2, 0.25) is 0 Å². The first kappa shape index (κ1) is 12.5. The number of hydrogen-bond donors (Lipinski definition) is 1. The topological polar surface area (TPSA) is 91.3 Å². The number of aromatic carboxylic acids is 1. The van der Waals surface area contributed by atoms with Crippen LogP contribution in [-0.2, 0) is 6.54 Å². The van der Waals surface area contributed by atoms with E-state index < -0.39 is 5.97 Å². The number of hydrogen-bond acceptors (Lipinski definition) is 4. The summed E-state index contributed by atoms with van der Waals surface area (Å²) in [6.45, 7) is 3.81. The second kappa shape index (κ2) is 5.14. The van der Waals surface area contributed by atoms with Gasteiger partial charge in [-0.15, -0.1) is 0 Å². The average molecular weight is 254 g/mol. The van der Waals surface area contributed by atoms with Gasteiger partial charge in [0.15, 0.2) is 5.69 Å². The van der Waals surface area contributed by atoms with Gasteiger partial charge in [0.25, 0.3) is 0 Å². The summed E-state index contributed by atoms with van der Waals surface area (Å²) in [7, 11) is 0. The Morgan fingerprint density at radius 3 is 2.63 bits per heavy atom. The van der Waals surface area contributed by atoms with Crippen LogP contribution in [0.25, 0.3) is 0 Å². The van der Waals surface area contributed by atoms with Crippen LogP contribution in [0.3, 0.4) is 0 Å². The van der Waals surface area contributed by atoms with Crippen molar-refractivity contribution in [2.75, 3.05) is 0 Å². The molecule has 0 bridgehead atoms. The summed E-state index contributed by atoms with van der Waals surface area (Å²) in [5.74, 6) is -1.16.